The summed E-state index contributed by atoms with van der Waals surface area (Å²) in [6.45, 7) is 5.08. The average Bonchev–Trinajstić information content (AvgIpc) is 2.92. The Kier molecular flexibility index (Phi) is 5.16. The van der Waals surface area contributed by atoms with Gasteiger partial charge in [-0.3, -0.25) is 0 Å². The zero-order valence-electron chi connectivity index (χ0n) is 11.6. The van der Waals surface area contributed by atoms with E-state index in [1.165, 1.54) is 6.07 Å². The predicted molar refractivity (Wildman–Crippen MR) is 76.0 cm³/mol. The Morgan fingerprint density at radius 2 is 2.32 bits per heavy atom. The Morgan fingerprint density at radius 3 is 2.95 bits per heavy atom. The van der Waals surface area contributed by atoms with Crippen LogP contribution in [0, 0.1) is 5.82 Å². The van der Waals surface area contributed by atoms with Crippen molar-refractivity contribution in [2.24, 2.45) is 5.73 Å². The lowest BCUT2D eigenvalue weighted by Crippen LogP contribution is -2.33. The van der Waals surface area contributed by atoms with Crippen LogP contribution in [0.5, 0.6) is 0 Å². The maximum atomic E-state index is 13.9. The van der Waals surface area contributed by atoms with E-state index in [4.69, 9.17) is 10.5 Å². The first-order valence-corrected chi connectivity index (χ1v) is 7.10. The zero-order chi connectivity index (χ0) is 13.7. The minimum absolute atomic E-state index is 0.159. The molecular formula is C15H23FN2O. The lowest BCUT2D eigenvalue weighted by atomic mass is 10.1. The predicted octanol–water partition coefficient (Wildman–Crippen LogP) is 2.33. The standard InChI is InChI=1S/C15H23FN2O/c1-2-18(11-12-5-4-10-19-12)15-7-3-6-14(16)13(15)8-9-17/h3,6-7,12H,2,4-5,8-11,17H2,1H3. The molecule has 106 valence electrons. The first kappa shape index (κ1) is 14.3. The number of ether oxygens (including phenoxy) is 1. The molecule has 1 heterocycles. The second-order valence-corrected chi connectivity index (χ2v) is 4.95. The van der Waals surface area contributed by atoms with Gasteiger partial charge in [-0.2, -0.15) is 0 Å². The fourth-order valence-corrected chi connectivity index (χ4v) is 2.67. The highest BCUT2D eigenvalue weighted by Crippen LogP contribution is 2.25. The van der Waals surface area contributed by atoms with Crippen LogP contribution >= 0.6 is 0 Å². The smallest absolute Gasteiger partial charge is 0.128 e. The summed E-state index contributed by atoms with van der Waals surface area (Å²) in [5.41, 5.74) is 7.28. The van der Waals surface area contributed by atoms with Crippen molar-refractivity contribution in [3.8, 4) is 0 Å². The monoisotopic (exact) mass is 266 g/mol. The van der Waals surface area contributed by atoms with Crippen LogP contribution in [0.1, 0.15) is 25.3 Å². The normalized spacial score (nSPS) is 18.8. The summed E-state index contributed by atoms with van der Waals surface area (Å²) in [7, 11) is 0. The van der Waals surface area contributed by atoms with Crippen molar-refractivity contribution >= 4 is 5.69 Å². The number of anilines is 1. The van der Waals surface area contributed by atoms with E-state index in [-0.39, 0.29) is 11.9 Å². The molecule has 1 aliphatic rings. The second kappa shape index (κ2) is 6.87. The molecule has 4 heteroatoms. The van der Waals surface area contributed by atoms with Crippen LogP contribution in [-0.4, -0.2) is 32.3 Å². The third kappa shape index (κ3) is 3.45. The molecule has 1 fully saturated rings. The molecule has 1 aliphatic heterocycles. The Labute approximate surface area is 114 Å². The molecule has 1 saturated heterocycles. The van der Waals surface area contributed by atoms with Crippen molar-refractivity contribution in [2.45, 2.75) is 32.3 Å². The summed E-state index contributed by atoms with van der Waals surface area (Å²) >= 11 is 0. The van der Waals surface area contributed by atoms with Crippen molar-refractivity contribution in [2.75, 3.05) is 31.1 Å². The van der Waals surface area contributed by atoms with Crippen molar-refractivity contribution < 1.29 is 9.13 Å². The maximum Gasteiger partial charge on any atom is 0.128 e. The van der Waals surface area contributed by atoms with E-state index < -0.39 is 0 Å². The molecule has 0 radical (unpaired) electrons. The fourth-order valence-electron chi connectivity index (χ4n) is 2.67. The van der Waals surface area contributed by atoms with Gasteiger partial charge in [0.2, 0.25) is 0 Å². The highest BCUT2D eigenvalue weighted by molar-refractivity contribution is 5.54. The molecule has 1 aromatic carbocycles. The SMILES string of the molecule is CCN(CC1CCCO1)c1cccc(F)c1CCN. The van der Waals surface area contributed by atoms with Crippen LogP contribution in [0.3, 0.4) is 0 Å². The molecule has 0 saturated carbocycles. The maximum absolute atomic E-state index is 13.9. The van der Waals surface area contributed by atoms with Gasteiger partial charge in [-0.1, -0.05) is 6.07 Å². The van der Waals surface area contributed by atoms with Crippen molar-refractivity contribution in [1.29, 1.82) is 0 Å². The van der Waals surface area contributed by atoms with E-state index in [9.17, 15) is 4.39 Å². The highest BCUT2D eigenvalue weighted by atomic mass is 19.1. The van der Waals surface area contributed by atoms with Gasteiger partial charge >= 0.3 is 0 Å². The molecule has 2 N–H and O–H groups in total. The van der Waals surface area contributed by atoms with Crippen LogP contribution in [0.25, 0.3) is 0 Å². The van der Waals surface area contributed by atoms with Crippen LogP contribution in [0.2, 0.25) is 0 Å². The number of nitrogens with two attached hydrogens (primary N) is 1. The second-order valence-electron chi connectivity index (χ2n) is 4.95. The molecule has 1 aromatic rings. The molecule has 3 nitrogen and oxygen atoms in total. The number of benzene rings is 1. The molecule has 2 rings (SSSR count). The van der Waals surface area contributed by atoms with Gasteiger partial charge in [-0.25, -0.2) is 4.39 Å². The topological polar surface area (TPSA) is 38.5 Å². The van der Waals surface area contributed by atoms with E-state index in [1.807, 2.05) is 6.07 Å². The molecule has 0 aromatic heterocycles. The summed E-state index contributed by atoms with van der Waals surface area (Å²) in [4.78, 5) is 2.20. The quantitative estimate of drug-likeness (QED) is 0.859. The Balaban J connectivity index is 2.18. The highest BCUT2D eigenvalue weighted by Gasteiger charge is 2.20. The van der Waals surface area contributed by atoms with Gasteiger partial charge in [0.15, 0.2) is 0 Å². The van der Waals surface area contributed by atoms with Gasteiger partial charge < -0.3 is 15.4 Å². The Hall–Kier alpha value is -1.13. The van der Waals surface area contributed by atoms with Crippen LogP contribution < -0.4 is 10.6 Å². The number of hydrogen-bond donors (Lipinski definition) is 1. The van der Waals surface area contributed by atoms with Gasteiger partial charge in [0.25, 0.3) is 0 Å². The summed E-state index contributed by atoms with van der Waals surface area (Å²) in [6, 6.07) is 5.25. The lowest BCUT2D eigenvalue weighted by Gasteiger charge is -2.28. The number of halogens is 1. The minimum Gasteiger partial charge on any atom is -0.376 e. The molecule has 0 bridgehead atoms. The molecule has 0 aliphatic carbocycles. The lowest BCUT2D eigenvalue weighted by molar-refractivity contribution is 0.115. The van der Waals surface area contributed by atoms with Gasteiger partial charge in [-0.15, -0.1) is 0 Å². The summed E-state index contributed by atoms with van der Waals surface area (Å²) < 4.78 is 19.6. The number of rotatable bonds is 6. The van der Waals surface area contributed by atoms with Crippen molar-refractivity contribution in [3.05, 3.63) is 29.6 Å². The van der Waals surface area contributed by atoms with E-state index >= 15 is 0 Å². The Morgan fingerprint density at radius 1 is 1.47 bits per heavy atom. The molecule has 0 spiro atoms. The van der Waals surface area contributed by atoms with E-state index in [2.05, 4.69) is 11.8 Å². The molecule has 19 heavy (non-hydrogen) atoms. The molecule has 0 amide bonds. The largest absolute Gasteiger partial charge is 0.376 e. The molecule has 1 atom stereocenters. The minimum atomic E-state index is -0.159. The van der Waals surface area contributed by atoms with Gasteiger partial charge in [0.1, 0.15) is 5.82 Å². The number of hydrogen-bond acceptors (Lipinski definition) is 3. The summed E-state index contributed by atoms with van der Waals surface area (Å²) in [6.07, 6.45) is 3.07. The number of nitrogens with zero attached hydrogens (tertiary/aromatic N) is 1. The van der Waals surface area contributed by atoms with Crippen LogP contribution in [0.15, 0.2) is 18.2 Å². The average molecular weight is 266 g/mol. The van der Waals surface area contributed by atoms with Gasteiger partial charge in [0, 0.05) is 30.9 Å². The first-order valence-electron chi connectivity index (χ1n) is 7.10. The Bertz CT molecular complexity index is 405. The molecule has 1 unspecified atom stereocenters. The summed E-state index contributed by atoms with van der Waals surface area (Å²) in [5, 5.41) is 0. The third-order valence-electron chi connectivity index (χ3n) is 3.66. The number of likely N-dealkylation sites (N-methyl/N-ethyl adjacent to an activating group) is 1. The first-order chi connectivity index (χ1) is 9.26. The van der Waals surface area contributed by atoms with E-state index in [0.29, 0.717) is 13.0 Å². The third-order valence-corrected chi connectivity index (χ3v) is 3.66. The van der Waals surface area contributed by atoms with Gasteiger partial charge in [0.05, 0.1) is 6.10 Å². The van der Waals surface area contributed by atoms with Crippen LogP contribution in [-0.2, 0) is 11.2 Å². The molecular weight excluding hydrogens is 243 g/mol. The van der Waals surface area contributed by atoms with E-state index in [0.717, 1.165) is 43.8 Å². The van der Waals surface area contributed by atoms with E-state index in [1.54, 1.807) is 6.07 Å². The van der Waals surface area contributed by atoms with Crippen molar-refractivity contribution in [1.82, 2.24) is 0 Å². The summed E-state index contributed by atoms with van der Waals surface area (Å²) in [5.74, 6) is -0.159. The zero-order valence-corrected chi connectivity index (χ0v) is 11.6. The van der Waals surface area contributed by atoms with Gasteiger partial charge in [-0.05, 0) is 44.9 Å². The fraction of sp³-hybridized carbons (Fsp3) is 0.600. The van der Waals surface area contributed by atoms with Crippen LogP contribution in [0.4, 0.5) is 10.1 Å². The van der Waals surface area contributed by atoms with Crippen molar-refractivity contribution in [3.63, 3.8) is 0 Å².